The van der Waals surface area contributed by atoms with Crippen LogP contribution in [0.4, 0.5) is 10.1 Å². The van der Waals surface area contributed by atoms with Crippen molar-refractivity contribution in [2.75, 3.05) is 5.73 Å². The highest BCUT2D eigenvalue weighted by molar-refractivity contribution is 5.86. The average molecular weight is 196 g/mol. The van der Waals surface area contributed by atoms with Crippen LogP contribution in [0.15, 0.2) is 12.1 Å². The molecule has 0 aliphatic rings. The van der Waals surface area contributed by atoms with Crippen LogP contribution in [-0.4, -0.2) is 16.1 Å². The highest BCUT2D eigenvalue weighted by Crippen LogP contribution is 2.14. The van der Waals surface area contributed by atoms with Crippen molar-refractivity contribution < 1.29 is 14.3 Å². The summed E-state index contributed by atoms with van der Waals surface area (Å²) < 4.78 is 12.9. The van der Waals surface area contributed by atoms with E-state index in [-0.39, 0.29) is 17.1 Å². The van der Waals surface area contributed by atoms with Gasteiger partial charge in [0.15, 0.2) is 0 Å². The second-order valence-corrected chi connectivity index (χ2v) is 2.70. The van der Waals surface area contributed by atoms with Crippen LogP contribution < -0.4 is 5.73 Å². The van der Waals surface area contributed by atoms with Crippen LogP contribution in [0.3, 0.4) is 0 Å². The molecule has 0 unspecified atom stereocenters. The molecule has 0 amide bonds. The van der Waals surface area contributed by atoms with Crippen LogP contribution in [0.5, 0.6) is 0 Å². The number of rotatable bonds is 2. The minimum atomic E-state index is -1.10. The topological polar surface area (TPSA) is 76.2 Å². The van der Waals surface area contributed by atoms with Gasteiger partial charge in [-0.2, -0.15) is 0 Å². The lowest BCUT2D eigenvalue weighted by Crippen LogP contribution is -1.98. The fourth-order valence-electron chi connectivity index (χ4n) is 0.897. The number of halogens is 1. The summed E-state index contributed by atoms with van der Waals surface area (Å²) in [7, 11) is 0. The Kier molecular flexibility index (Phi) is 2.81. The number of aryl methyl sites for hydroxylation is 1. The van der Waals surface area contributed by atoms with Crippen molar-refractivity contribution in [1.29, 1.82) is 0 Å². The molecule has 0 saturated carbocycles. The van der Waals surface area contributed by atoms with E-state index in [0.717, 1.165) is 12.1 Å². The van der Waals surface area contributed by atoms with Gasteiger partial charge in [0.05, 0.1) is 17.1 Å². The van der Waals surface area contributed by atoms with Crippen LogP contribution >= 0.6 is 0 Å². The SMILES string of the molecule is Cc1nc(/C=C/C(=O)O)c(N)cc1F. The molecule has 5 heteroatoms. The molecule has 14 heavy (non-hydrogen) atoms. The number of nitrogen functional groups attached to an aromatic ring is 1. The third-order valence-electron chi connectivity index (χ3n) is 1.60. The zero-order valence-corrected chi connectivity index (χ0v) is 7.49. The van der Waals surface area contributed by atoms with Crippen molar-refractivity contribution in [1.82, 2.24) is 4.98 Å². The highest BCUT2D eigenvalue weighted by Gasteiger charge is 2.04. The van der Waals surface area contributed by atoms with Gasteiger partial charge in [0, 0.05) is 12.1 Å². The molecular weight excluding hydrogens is 187 g/mol. The number of nitrogens with two attached hydrogens (primary N) is 1. The van der Waals surface area contributed by atoms with Crippen LogP contribution in [0.1, 0.15) is 11.4 Å². The Morgan fingerprint density at radius 3 is 2.93 bits per heavy atom. The van der Waals surface area contributed by atoms with Crippen LogP contribution in [-0.2, 0) is 4.79 Å². The van der Waals surface area contributed by atoms with Gasteiger partial charge in [0.25, 0.3) is 0 Å². The molecule has 1 heterocycles. The first kappa shape index (κ1) is 10.2. The number of carboxylic acid groups (broad SMARTS) is 1. The van der Waals surface area contributed by atoms with Crippen molar-refractivity contribution >= 4 is 17.7 Å². The summed E-state index contributed by atoms with van der Waals surface area (Å²) >= 11 is 0. The van der Waals surface area contributed by atoms with E-state index >= 15 is 0 Å². The van der Waals surface area contributed by atoms with E-state index < -0.39 is 11.8 Å². The van der Waals surface area contributed by atoms with Crippen molar-refractivity contribution in [3.8, 4) is 0 Å². The van der Waals surface area contributed by atoms with Gasteiger partial charge < -0.3 is 10.8 Å². The molecule has 74 valence electrons. The summed E-state index contributed by atoms with van der Waals surface area (Å²) in [5.41, 5.74) is 5.99. The standard InChI is InChI=1S/C9H9FN2O2/c1-5-6(10)4-7(11)8(12-5)2-3-9(13)14/h2-4H,11H2,1H3,(H,13,14)/b3-2+. The Morgan fingerprint density at radius 2 is 2.36 bits per heavy atom. The van der Waals surface area contributed by atoms with E-state index in [4.69, 9.17) is 10.8 Å². The second kappa shape index (κ2) is 3.87. The number of aromatic nitrogens is 1. The van der Waals surface area contributed by atoms with E-state index in [2.05, 4.69) is 4.98 Å². The van der Waals surface area contributed by atoms with Gasteiger partial charge in [-0.25, -0.2) is 14.2 Å². The molecule has 0 radical (unpaired) electrons. The number of carbonyl (C=O) groups is 1. The number of hydrogen-bond acceptors (Lipinski definition) is 3. The van der Waals surface area contributed by atoms with E-state index in [0.29, 0.717) is 0 Å². The molecule has 1 aromatic heterocycles. The molecular formula is C9H9FN2O2. The van der Waals surface area contributed by atoms with Crippen LogP contribution in [0.2, 0.25) is 0 Å². The maximum atomic E-state index is 12.9. The van der Waals surface area contributed by atoms with Gasteiger partial charge in [-0.05, 0) is 13.0 Å². The molecule has 1 rings (SSSR count). The first-order valence-electron chi connectivity index (χ1n) is 3.84. The summed E-state index contributed by atoms with van der Waals surface area (Å²) in [4.78, 5) is 14.0. The zero-order chi connectivity index (χ0) is 10.7. The first-order valence-corrected chi connectivity index (χ1v) is 3.84. The fourth-order valence-corrected chi connectivity index (χ4v) is 0.897. The molecule has 0 aliphatic heterocycles. The van der Waals surface area contributed by atoms with Crippen LogP contribution in [0.25, 0.3) is 6.08 Å². The summed E-state index contributed by atoms with van der Waals surface area (Å²) in [5, 5.41) is 8.36. The average Bonchev–Trinajstić information content (AvgIpc) is 2.09. The molecule has 0 spiro atoms. The third-order valence-corrected chi connectivity index (χ3v) is 1.60. The third kappa shape index (κ3) is 2.29. The van der Waals surface area contributed by atoms with Crippen molar-refractivity contribution in [3.63, 3.8) is 0 Å². The summed E-state index contributed by atoms with van der Waals surface area (Å²) in [6.45, 7) is 1.48. The van der Waals surface area contributed by atoms with Gasteiger partial charge in [-0.15, -0.1) is 0 Å². The molecule has 0 atom stereocenters. The highest BCUT2D eigenvalue weighted by atomic mass is 19.1. The van der Waals surface area contributed by atoms with Gasteiger partial charge >= 0.3 is 5.97 Å². The van der Waals surface area contributed by atoms with E-state index in [1.54, 1.807) is 0 Å². The minimum Gasteiger partial charge on any atom is -0.478 e. The largest absolute Gasteiger partial charge is 0.478 e. The van der Waals surface area contributed by atoms with E-state index in [1.165, 1.54) is 13.0 Å². The normalized spacial score (nSPS) is 10.7. The van der Waals surface area contributed by atoms with Gasteiger partial charge in [0.2, 0.25) is 0 Å². The van der Waals surface area contributed by atoms with Crippen molar-refractivity contribution in [2.24, 2.45) is 0 Å². The lowest BCUT2D eigenvalue weighted by molar-refractivity contribution is -0.131. The number of nitrogens with zero attached hydrogens (tertiary/aromatic N) is 1. The molecule has 1 aromatic rings. The quantitative estimate of drug-likeness (QED) is 0.697. The summed E-state index contributed by atoms with van der Waals surface area (Å²) in [6.07, 6.45) is 2.13. The monoisotopic (exact) mass is 196 g/mol. The molecule has 0 saturated heterocycles. The van der Waals surface area contributed by atoms with E-state index in [1.807, 2.05) is 0 Å². The first-order chi connectivity index (χ1) is 6.50. The number of pyridine rings is 1. The Bertz CT molecular complexity index is 402. The minimum absolute atomic E-state index is 0.116. The predicted molar refractivity (Wildman–Crippen MR) is 50.0 cm³/mol. The maximum Gasteiger partial charge on any atom is 0.328 e. The Hall–Kier alpha value is -1.91. The number of aliphatic carboxylic acids is 1. The zero-order valence-electron chi connectivity index (χ0n) is 7.49. The lowest BCUT2D eigenvalue weighted by Gasteiger charge is -2.01. The number of carboxylic acids is 1. The summed E-state index contributed by atoms with van der Waals surface area (Å²) in [6, 6.07) is 1.11. The van der Waals surface area contributed by atoms with Crippen molar-refractivity contribution in [2.45, 2.75) is 6.92 Å². The van der Waals surface area contributed by atoms with Gasteiger partial charge in [0.1, 0.15) is 5.82 Å². The fraction of sp³-hybridized carbons (Fsp3) is 0.111. The smallest absolute Gasteiger partial charge is 0.328 e. The molecule has 0 aliphatic carbocycles. The molecule has 0 aromatic carbocycles. The number of hydrogen-bond donors (Lipinski definition) is 2. The Labute approximate surface area is 79.9 Å². The molecule has 4 nitrogen and oxygen atoms in total. The van der Waals surface area contributed by atoms with E-state index in [9.17, 15) is 9.18 Å². The predicted octanol–water partition coefficient (Wildman–Crippen LogP) is 1.21. The number of anilines is 1. The molecule has 0 bridgehead atoms. The Balaban J connectivity index is 3.10. The lowest BCUT2D eigenvalue weighted by atomic mass is 10.2. The second-order valence-electron chi connectivity index (χ2n) is 2.70. The summed E-state index contributed by atoms with van der Waals surface area (Å²) in [5.74, 6) is -1.61. The molecule has 0 fully saturated rings. The Morgan fingerprint density at radius 1 is 1.71 bits per heavy atom. The van der Waals surface area contributed by atoms with Crippen LogP contribution in [0, 0.1) is 12.7 Å². The molecule has 3 N–H and O–H groups in total. The van der Waals surface area contributed by atoms with Crippen molar-refractivity contribution in [3.05, 3.63) is 29.3 Å². The maximum absolute atomic E-state index is 12.9. The van der Waals surface area contributed by atoms with Gasteiger partial charge in [-0.1, -0.05) is 0 Å². The van der Waals surface area contributed by atoms with Gasteiger partial charge in [-0.3, -0.25) is 0 Å².